The molecule has 0 aromatic rings. The molecule has 5 heteroatoms. The van der Waals surface area contributed by atoms with Gasteiger partial charge in [0.2, 0.25) is 0 Å². The first-order valence-electron chi connectivity index (χ1n) is 4.40. The quantitative estimate of drug-likeness (QED) is 0.364. The van der Waals surface area contributed by atoms with E-state index in [0.29, 0.717) is 13.1 Å². The minimum absolute atomic E-state index is 0.650. The molecule has 0 aromatic carbocycles. The topological polar surface area (TPSA) is 93.3 Å². The Bertz CT molecular complexity index is 136. The molecule has 5 nitrogen and oxygen atoms in total. The van der Waals surface area contributed by atoms with E-state index in [1.165, 1.54) is 0 Å². The molecule has 72 valence electrons. The number of piperazine rings is 1. The minimum Gasteiger partial charge on any atom is -0.330 e. The van der Waals surface area contributed by atoms with Gasteiger partial charge in [0.25, 0.3) is 0 Å². The van der Waals surface area contributed by atoms with E-state index in [1.54, 1.807) is 0 Å². The standard InChI is InChI=1S/C7H19N5/c8-2-1-4-12-5-3-11-6-7(12,9)10/h11H,1-6,8-10H2. The molecule has 0 saturated carbocycles. The van der Waals surface area contributed by atoms with E-state index in [0.717, 1.165) is 26.1 Å². The molecule has 7 N–H and O–H groups in total. The highest BCUT2D eigenvalue weighted by Gasteiger charge is 2.29. The molecule has 0 aromatic heterocycles. The number of hydrogen-bond acceptors (Lipinski definition) is 5. The molecule has 0 atom stereocenters. The molecular formula is C7H19N5. The second kappa shape index (κ2) is 4.15. The van der Waals surface area contributed by atoms with E-state index in [1.807, 2.05) is 0 Å². The summed E-state index contributed by atoms with van der Waals surface area (Å²) in [6.07, 6.45) is 0.955. The van der Waals surface area contributed by atoms with Crippen LogP contribution in [0.2, 0.25) is 0 Å². The zero-order chi connectivity index (χ0) is 9.03. The van der Waals surface area contributed by atoms with Gasteiger partial charge in [-0.1, -0.05) is 0 Å². The predicted octanol–water partition coefficient (Wildman–Crippen LogP) is -2.19. The number of nitrogens with two attached hydrogens (primary N) is 3. The Morgan fingerprint density at radius 1 is 1.42 bits per heavy atom. The van der Waals surface area contributed by atoms with Gasteiger partial charge in [-0.25, -0.2) is 0 Å². The fraction of sp³-hybridized carbons (Fsp3) is 1.00. The first-order valence-corrected chi connectivity index (χ1v) is 4.40. The van der Waals surface area contributed by atoms with Gasteiger partial charge in [-0.15, -0.1) is 0 Å². The zero-order valence-corrected chi connectivity index (χ0v) is 7.42. The van der Waals surface area contributed by atoms with Crippen molar-refractivity contribution in [2.24, 2.45) is 17.2 Å². The SMILES string of the molecule is NCCCN1CCNCC1(N)N. The maximum atomic E-state index is 5.86. The molecule has 1 heterocycles. The van der Waals surface area contributed by atoms with Crippen LogP contribution < -0.4 is 22.5 Å². The lowest BCUT2D eigenvalue weighted by Crippen LogP contribution is -2.72. The second-order valence-corrected chi connectivity index (χ2v) is 3.30. The minimum atomic E-state index is -0.687. The van der Waals surface area contributed by atoms with Crippen LogP contribution in [0.25, 0.3) is 0 Å². The van der Waals surface area contributed by atoms with Crippen LogP contribution in [-0.2, 0) is 0 Å². The monoisotopic (exact) mass is 173 g/mol. The van der Waals surface area contributed by atoms with Gasteiger partial charge in [0.15, 0.2) is 0 Å². The van der Waals surface area contributed by atoms with Gasteiger partial charge in [-0.05, 0) is 13.0 Å². The summed E-state index contributed by atoms with van der Waals surface area (Å²) in [5, 5.41) is 3.16. The largest absolute Gasteiger partial charge is 0.330 e. The smallest absolute Gasteiger partial charge is 0.133 e. The average Bonchev–Trinajstić information content (AvgIpc) is 2.02. The molecule has 0 unspecified atom stereocenters. The van der Waals surface area contributed by atoms with E-state index in [2.05, 4.69) is 10.2 Å². The number of nitrogens with one attached hydrogen (secondary N) is 1. The highest BCUT2D eigenvalue weighted by atomic mass is 15.4. The zero-order valence-electron chi connectivity index (χ0n) is 7.42. The van der Waals surface area contributed by atoms with Crippen molar-refractivity contribution in [3.8, 4) is 0 Å². The summed E-state index contributed by atoms with van der Waals surface area (Å²) in [7, 11) is 0. The van der Waals surface area contributed by atoms with Crippen molar-refractivity contribution in [2.75, 3.05) is 32.7 Å². The van der Waals surface area contributed by atoms with E-state index in [-0.39, 0.29) is 0 Å². The molecule has 1 fully saturated rings. The molecule has 1 saturated heterocycles. The molecule has 0 bridgehead atoms. The van der Waals surface area contributed by atoms with Gasteiger partial charge < -0.3 is 11.1 Å². The summed E-state index contributed by atoms with van der Waals surface area (Å²) >= 11 is 0. The summed E-state index contributed by atoms with van der Waals surface area (Å²) in [5.74, 6) is -0.687. The van der Waals surface area contributed by atoms with E-state index >= 15 is 0 Å². The van der Waals surface area contributed by atoms with Crippen LogP contribution >= 0.6 is 0 Å². The summed E-state index contributed by atoms with van der Waals surface area (Å²) in [4.78, 5) is 2.08. The van der Waals surface area contributed by atoms with Crippen LogP contribution in [0.3, 0.4) is 0 Å². The lowest BCUT2D eigenvalue weighted by Gasteiger charge is -2.41. The molecule has 1 aliphatic heterocycles. The lowest BCUT2D eigenvalue weighted by atomic mass is 10.2. The maximum Gasteiger partial charge on any atom is 0.133 e. The van der Waals surface area contributed by atoms with E-state index in [4.69, 9.17) is 17.2 Å². The Labute approximate surface area is 73.3 Å². The molecule has 12 heavy (non-hydrogen) atoms. The first kappa shape index (κ1) is 9.88. The Balaban J connectivity index is 2.37. The van der Waals surface area contributed by atoms with Crippen LogP contribution in [0.4, 0.5) is 0 Å². The molecule has 0 aliphatic carbocycles. The fourth-order valence-electron chi connectivity index (χ4n) is 1.42. The van der Waals surface area contributed by atoms with Gasteiger partial charge in [-0.2, -0.15) is 0 Å². The van der Waals surface area contributed by atoms with Gasteiger partial charge in [-0.3, -0.25) is 16.4 Å². The summed E-state index contributed by atoms with van der Waals surface area (Å²) in [6.45, 7) is 4.11. The van der Waals surface area contributed by atoms with Crippen molar-refractivity contribution in [3.63, 3.8) is 0 Å². The first-order chi connectivity index (χ1) is 5.67. The fourth-order valence-corrected chi connectivity index (χ4v) is 1.42. The highest BCUT2D eigenvalue weighted by Crippen LogP contribution is 2.04. The molecule has 1 aliphatic rings. The second-order valence-electron chi connectivity index (χ2n) is 3.30. The van der Waals surface area contributed by atoms with Crippen LogP contribution in [-0.4, -0.2) is 43.4 Å². The van der Waals surface area contributed by atoms with Crippen LogP contribution in [0, 0.1) is 0 Å². The van der Waals surface area contributed by atoms with Crippen LogP contribution in [0.5, 0.6) is 0 Å². The van der Waals surface area contributed by atoms with Gasteiger partial charge >= 0.3 is 0 Å². The Morgan fingerprint density at radius 3 is 2.75 bits per heavy atom. The number of rotatable bonds is 3. The number of hydrogen-bond donors (Lipinski definition) is 4. The van der Waals surface area contributed by atoms with E-state index < -0.39 is 5.79 Å². The summed E-state index contributed by atoms with van der Waals surface area (Å²) in [6, 6.07) is 0. The Morgan fingerprint density at radius 2 is 2.17 bits per heavy atom. The molecule has 0 spiro atoms. The number of nitrogens with zero attached hydrogens (tertiary/aromatic N) is 1. The van der Waals surface area contributed by atoms with Crippen molar-refractivity contribution < 1.29 is 0 Å². The normalized spacial score (nSPS) is 24.2. The van der Waals surface area contributed by atoms with Gasteiger partial charge in [0.1, 0.15) is 5.79 Å². The van der Waals surface area contributed by atoms with Crippen molar-refractivity contribution in [2.45, 2.75) is 12.2 Å². The van der Waals surface area contributed by atoms with Crippen molar-refractivity contribution >= 4 is 0 Å². The van der Waals surface area contributed by atoms with Crippen LogP contribution in [0.1, 0.15) is 6.42 Å². The van der Waals surface area contributed by atoms with Crippen molar-refractivity contribution in [1.82, 2.24) is 10.2 Å². The predicted molar refractivity (Wildman–Crippen MR) is 49.2 cm³/mol. The molecular weight excluding hydrogens is 154 g/mol. The molecule has 0 amide bonds. The Kier molecular flexibility index (Phi) is 3.42. The lowest BCUT2D eigenvalue weighted by molar-refractivity contribution is 0.0694. The van der Waals surface area contributed by atoms with Crippen LogP contribution in [0.15, 0.2) is 0 Å². The maximum absolute atomic E-state index is 5.86. The third-order valence-corrected chi connectivity index (χ3v) is 2.19. The molecule has 0 radical (unpaired) electrons. The molecule has 1 rings (SSSR count). The van der Waals surface area contributed by atoms with Gasteiger partial charge in [0.05, 0.1) is 0 Å². The third-order valence-electron chi connectivity index (χ3n) is 2.19. The average molecular weight is 173 g/mol. The highest BCUT2D eigenvalue weighted by molar-refractivity contribution is 4.85. The van der Waals surface area contributed by atoms with E-state index in [9.17, 15) is 0 Å². The summed E-state index contributed by atoms with van der Waals surface area (Å²) in [5.41, 5.74) is 17.1. The van der Waals surface area contributed by atoms with Gasteiger partial charge in [0, 0.05) is 26.2 Å². The summed E-state index contributed by atoms with van der Waals surface area (Å²) < 4.78 is 0. The van der Waals surface area contributed by atoms with Crippen molar-refractivity contribution in [3.05, 3.63) is 0 Å². The Hall–Kier alpha value is -0.200. The third kappa shape index (κ3) is 2.40. The van der Waals surface area contributed by atoms with Crippen molar-refractivity contribution in [1.29, 1.82) is 0 Å².